The van der Waals surface area contributed by atoms with Gasteiger partial charge in [0.15, 0.2) is 0 Å². The van der Waals surface area contributed by atoms with Crippen LogP contribution in [-0.4, -0.2) is 14.8 Å². The van der Waals surface area contributed by atoms with E-state index in [4.69, 9.17) is 11.6 Å². The summed E-state index contributed by atoms with van der Waals surface area (Å²) in [5.74, 6) is 0.892. The van der Waals surface area contributed by atoms with Gasteiger partial charge in [-0.05, 0) is 24.9 Å². The average molecular weight is 174 g/mol. The summed E-state index contributed by atoms with van der Waals surface area (Å²) in [5, 5.41) is 8.09. The quantitative estimate of drug-likeness (QED) is 0.701. The van der Waals surface area contributed by atoms with Crippen molar-refractivity contribution in [1.82, 2.24) is 14.8 Å². The first kappa shape index (κ1) is 8.53. The van der Waals surface area contributed by atoms with E-state index in [2.05, 4.69) is 17.1 Å². The van der Waals surface area contributed by atoms with Gasteiger partial charge in [0.25, 0.3) is 0 Å². The second-order valence-corrected chi connectivity index (χ2v) is 2.86. The Morgan fingerprint density at radius 1 is 1.45 bits per heavy atom. The predicted octanol–water partition coefficient (Wildman–Crippen LogP) is 2.04. The Balaban J connectivity index is 2.67. The summed E-state index contributed by atoms with van der Waals surface area (Å²) in [5.41, 5.74) is 0. The molecule has 0 aliphatic heterocycles. The van der Waals surface area contributed by atoms with Gasteiger partial charge in [-0.15, -0.1) is 10.2 Å². The predicted molar refractivity (Wildman–Crippen MR) is 44.7 cm³/mol. The van der Waals surface area contributed by atoms with E-state index in [9.17, 15) is 0 Å². The fourth-order valence-electron chi connectivity index (χ4n) is 0.925. The van der Waals surface area contributed by atoms with E-state index in [1.165, 1.54) is 0 Å². The lowest BCUT2D eigenvalue weighted by atomic mass is 10.3. The van der Waals surface area contributed by atoms with E-state index in [-0.39, 0.29) is 0 Å². The van der Waals surface area contributed by atoms with Crippen LogP contribution in [0.3, 0.4) is 0 Å². The summed E-state index contributed by atoms with van der Waals surface area (Å²) in [6, 6.07) is 0. The van der Waals surface area contributed by atoms with Gasteiger partial charge in [-0.1, -0.05) is 13.3 Å². The normalized spacial score (nSPS) is 10.5. The third-order valence-corrected chi connectivity index (χ3v) is 1.91. The molecule has 62 valence electrons. The maximum Gasteiger partial charge on any atom is 0.225 e. The molecule has 0 fully saturated rings. The summed E-state index contributed by atoms with van der Waals surface area (Å²) in [6.07, 6.45) is 2.28. The van der Waals surface area contributed by atoms with Crippen LogP contribution in [0.5, 0.6) is 0 Å². The fourth-order valence-corrected chi connectivity index (χ4v) is 1.17. The van der Waals surface area contributed by atoms with Crippen LogP contribution in [0.4, 0.5) is 0 Å². The third kappa shape index (κ3) is 1.93. The SMILES string of the molecule is CCCCn1c(C)nnc1Cl. The van der Waals surface area contributed by atoms with E-state index in [1.54, 1.807) is 0 Å². The minimum absolute atomic E-state index is 0.496. The average Bonchev–Trinajstić information content (AvgIpc) is 2.29. The number of unbranched alkanes of at least 4 members (excludes halogenated alkanes) is 1. The van der Waals surface area contributed by atoms with Gasteiger partial charge in [0, 0.05) is 6.54 Å². The van der Waals surface area contributed by atoms with Crippen molar-refractivity contribution in [3.05, 3.63) is 11.1 Å². The Morgan fingerprint density at radius 2 is 2.18 bits per heavy atom. The number of aryl methyl sites for hydroxylation is 1. The molecule has 0 saturated heterocycles. The molecule has 1 aromatic heterocycles. The van der Waals surface area contributed by atoms with Gasteiger partial charge in [0.1, 0.15) is 5.82 Å². The van der Waals surface area contributed by atoms with Crippen LogP contribution in [0.25, 0.3) is 0 Å². The summed E-state index contributed by atoms with van der Waals surface area (Å²) < 4.78 is 1.92. The summed E-state index contributed by atoms with van der Waals surface area (Å²) in [7, 11) is 0. The first-order valence-electron chi connectivity index (χ1n) is 3.81. The molecule has 1 aromatic rings. The molecule has 0 amide bonds. The molecule has 0 aliphatic rings. The van der Waals surface area contributed by atoms with E-state index in [0.29, 0.717) is 5.28 Å². The highest BCUT2D eigenvalue weighted by molar-refractivity contribution is 6.28. The van der Waals surface area contributed by atoms with Crippen molar-refractivity contribution in [3.63, 3.8) is 0 Å². The van der Waals surface area contributed by atoms with Crippen LogP contribution in [-0.2, 0) is 6.54 Å². The molecular formula is C7H12ClN3. The molecule has 0 aromatic carbocycles. The molecule has 0 aliphatic carbocycles. The van der Waals surface area contributed by atoms with Crippen LogP contribution in [0, 0.1) is 6.92 Å². The number of halogens is 1. The van der Waals surface area contributed by atoms with Crippen LogP contribution in [0.1, 0.15) is 25.6 Å². The second kappa shape index (κ2) is 3.72. The van der Waals surface area contributed by atoms with Gasteiger partial charge < -0.3 is 4.57 Å². The van der Waals surface area contributed by atoms with Gasteiger partial charge >= 0.3 is 0 Å². The highest BCUT2D eigenvalue weighted by Gasteiger charge is 2.03. The lowest BCUT2D eigenvalue weighted by Gasteiger charge is -2.01. The van der Waals surface area contributed by atoms with Crippen LogP contribution < -0.4 is 0 Å². The molecular weight excluding hydrogens is 162 g/mol. The second-order valence-electron chi connectivity index (χ2n) is 2.52. The topological polar surface area (TPSA) is 30.7 Å². The smallest absolute Gasteiger partial charge is 0.225 e. The van der Waals surface area contributed by atoms with Gasteiger partial charge in [0.2, 0.25) is 5.28 Å². The Morgan fingerprint density at radius 3 is 2.64 bits per heavy atom. The summed E-state index contributed by atoms with van der Waals surface area (Å²) in [4.78, 5) is 0. The molecule has 11 heavy (non-hydrogen) atoms. The molecule has 0 unspecified atom stereocenters. The van der Waals surface area contributed by atoms with Crippen molar-refractivity contribution < 1.29 is 0 Å². The lowest BCUT2D eigenvalue weighted by molar-refractivity contribution is 0.616. The highest BCUT2D eigenvalue weighted by Crippen LogP contribution is 2.08. The maximum absolute atomic E-state index is 5.77. The van der Waals surface area contributed by atoms with Crippen molar-refractivity contribution >= 4 is 11.6 Å². The Kier molecular flexibility index (Phi) is 2.88. The molecule has 4 heteroatoms. The van der Waals surface area contributed by atoms with Crippen molar-refractivity contribution in [2.45, 2.75) is 33.2 Å². The third-order valence-electron chi connectivity index (χ3n) is 1.63. The van der Waals surface area contributed by atoms with Crippen LogP contribution in [0.15, 0.2) is 0 Å². The molecule has 1 rings (SSSR count). The number of rotatable bonds is 3. The van der Waals surface area contributed by atoms with Crippen molar-refractivity contribution in [3.8, 4) is 0 Å². The monoisotopic (exact) mass is 173 g/mol. The zero-order chi connectivity index (χ0) is 8.27. The molecule has 0 atom stereocenters. The van der Waals surface area contributed by atoms with E-state index >= 15 is 0 Å². The van der Waals surface area contributed by atoms with Gasteiger partial charge in [-0.2, -0.15) is 0 Å². The number of nitrogens with zero attached hydrogens (tertiary/aromatic N) is 3. The minimum Gasteiger partial charge on any atom is -0.302 e. The molecule has 0 spiro atoms. The van der Waals surface area contributed by atoms with Gasteiger partial charge in [-0.3, -0.25) is 0 Å². The fraction of sp³-hybridized carbons (Fsp3) is 0.714. The van der Waals surface area contributed by atoms with Gasteiger partial charge in [0.05, 0.1) is 0 Å². The van der Waals surface area contributed by atoms with Crippen LogP contribution in [0.2, 0.25) is 5.28 Å². The number of hydrogen-bond donors (Lipinski definition) is 0. The summed E-state index contributed by atoms with van der Waals surface area (Å²) in [6.45, 7) is 4.98. The Bertz CT molecular complexity index is 212. The number of hydrogen-bond acceptors (Lipinski definition) is 2. The molecule has 0 bridgehead atoms. The van der Waals surface area contributed by atoms with Crippen molar-refractivity contribution in [2.24, 2.45) is 0 Å². The molecule has 0 radical (unpaired) electrons. The molecule has 1 heterocycles. The highest BCUT2D eigenvalue weighted by atomic mass is 35.5. The Hall–Kier alpha value is -0.570. The van der Waals surface area contributed by atoms with Crippen molar-refractivity contribution in [2.75, 3.05) is 0 Å². The van der Waals surface area contributed by atoms with E-state index < -0.39 is 0 Å². The zero-order valence-electron chi connectivity index (χ0n) is 6.84. The van der Waals surface area contributed by atoms with Crippen LogP contribution >= 0.6 is 11.6 Å². The minimum atomic E-state index is 0.496. The molecule has 0 saturated carbocycles. The molecule has 3 nitrogen and oxygen atoms in total. The first-order valence-corrected chi connectivity index (χ1v) is 4.18. The van der Waals surface area contributed by atoms with E-state index in [1.807, 2.05) is 11.5 Å². The lowest BCUT2D eigenvalue weighted by Crippen LogP contribution is -1.99. The summed E-state index contributed by atoms with van der Waals surface area (Å²) >= 11 is 5.77. The number of aromatic nitrogens is 3. The van der Waals surface area contributed by atoms with E-state index in [0.717, 1.165) is 25.2 Å². The first-order chi connectivity index (χ1) is 5.25. The maximum atomic E-state index is 5.77. The molecule has 0 N–H and O–H groups in total. The zero-order valence-corrected chi connectivity index (χ0v) is 7.60. The standard InChI is InChI=1S/C7H12ClN3/c1-3-4-5-11-6(2)9-10-7(11)8/h3-5H2,1-2H3. The Labute approximate surface area is 71.4 Å². The van der Waals surface area contributed by atoms with Gasteiger partial charge in [-0.25, -0.2) is 0 Å². The van der Waals surface area contributed by atoms with Crippen molar-refractivity contribution in [1.29, 1.82) is 0 Å². The largest absolute Gasteiger partial charge is 0.302 e.